The topological polar surface area (TPSA) is 226 Å². The normalized spacial score (nSPS) is 40.2. The molecule has 56 heavy (non-hydrogen) atoms. The Morgan fingerprint density at radius 1 is 1.00 bits per heavy atom. The molecule has 5 aliphatic heterocycles. The van der Waals surface area contributed by atoms with Crippen molar-refractivity contribution in [1.82, 2.24) is 15.3 Å². The molecule has 8 aliphatic rings. The molecule has 2 amide bonds. The average molecular weight is 786 g/mol. The molecule has 17 heteroatoms. The second-order valence-corrected chi connectivity index (χ2v) is 16.5. The summed E-state index contributed by atoms with van der Waals surface area (Å²) in [5.74, 6) is -1.62. The van der Waals surface area contributed by atoms with Gasteiger partial charge in [0.25, 0.3) is 0 Å². The van der Waals surface area contributed by atoms with Gasteiger partial charge in [0.15, 0.2) is 18.1 Å². The van der Waals surface area contributed by atoms with E-state index in [1.165, 1.54) is 0 Å². The quantitative estimate of drug-likeness (QED) is 0.128. The monoisotopic (exact) mass is 785 g/mol. The number of carbonyl (C=O) groups excluding carboxylic acids is 3. The number of esters is 1. The van der Waals surface area contributed by atoms with Crippen molar-refractivity contribution in [2.24, 2.45) is 17.3 Å². The first-order chi connectivity index (χ1) is 27.1. The Morgan fingerprint density at radius 3 is 2.50 bits per heavy atom. The zero-order valence-electron chi connectivity index (χ0n) is 31.0. The van der Waals surface area contributed by atoms with Crippen molar-refractivity contribution in [3.8, 4) is 0 Å². The van der Waals surface area contributed by atoms with Crippen LogP contribution in [-0.2, 0) is 49.5 Å². The highest BCUT2D eigenvalue weighted by Gasteiger charge is 2.78. The Bertz CT molecular complexity index is 1690. The molecular weight excluding hydrogens is 734 g/mol. The predicted octanol–water partition coefficient (Wildman–Crippen LogP) is -1.28. The molecule has 0 aromatic heterocycles. The van der Waals surface area contributed by atoms with Crippen molar-refractivity contribution in [3.63, 3.8) is 0 Å². The first kappa shape index (κ1) is 38.4. The molecule has 1 aromatic rings. The maximum Gasteiger partial charge on any atom is 0.327 e. The van der Waals surface area contributed by atoms with E-state index in [-0.39, 0.29) is 56.4 Å². The Kier molecular flexibility index (Phi) is 10.3. The highest BCUT2D eigenvalue weighted by atomic mass is 16.8. The van der Waals surface area contributed by atoms with Gasteiger partial charge in [0.2, 0.25) is 11.8 Å². The van der Waals surface area contributed by atoms with E-state index in [2.05, 4.69) is 5.32 Å². The molecule has 5 heterocycles. The Balaban J connectivity index is 0.970. The lowest BCUT2D eigenvalue weighted by Crippen LogP contribution is -2.70. The number of aliphatic hydroxyl groups is 5. The fraction of sp³-hybridized carbons (Fsp3) is 0.718. The summed E-state index contributed by atoms with van der Waals surface area (Å²) in [5.41, 5.74) is 0.131. The van der Waals surface area contributed by atoms with Crippen molar-refractivity contribution in [2.45, 2.75) is 124 Å². The van der Waals surface area contributed by atoms with Crippen molar-refractivity contribution in [3.05, 3.63) is 41.5 Å². The van der Waals surface area contributed by atoms with E-state index in [0.29, 0.717) is 19.4 Å². The summed E-state index contributed by atoms with van der Waals surface area (Å²) >= 11 is 0. The van der Waals surface area contributed by atoms with Gasteiger partial charge in [0, 0.05) is 31.3 Å². The maximum atomic E-state index is 15.2. The van der Waals surface area contributed by atoms with E-state index in [1.54, 1.807) is 22.1 Å². The summed E-state index contributed by atoms with van der Waals surface area (Å²) in [4.78, 5) is 51.1. The molecule has 17 nitrogen and oxygen atoms in total. The standard InChI is InChI=1S/C39H51N3O14/c43-14-12-40-34(48)24-7-2-13-41(24)37(50)38-17-25-30-31(55-39(54-30,22-8-9-22)23-10-11-23)33(38)56-42(32(38)35(49)52-25)18-21-5-1-4-20(16-21)6-3-15-51-36-29(47)28(46)27(45)26(19-44)53-36/h1,3-6,16,22-33,36,43-47H,2,7-15,17-19H2,(H,40,48). The van der Waals surface area contributed by atoms with E-state index < -0.39 is 91.0 Å². The van der Waals surface area contributed by atoms with Gasteiger partial charge in [-0.25, -0.2) is 0 Å². The molecule has 6 N–H and O–H groups in total. The van der Waals surface area contributed by atoms with Gasteiger partial charge < -0.3 is 59.4 Å². The number of aliphatic hydroxyl groups excluding tert-OH is 5. The molecule has 9 rings (SSSR count). The fourth-order valence-electron chi connectivity index (χ4n) is 10.0. The van der Waals surface area contributed by atoms with Gasteiger partial charge in [-0.05, 0) is 49.7 Å². The van der Waals surface area contributed by atoms with Crippen LogP contribution in [0.1, 0.15) is 56.1 Å². The maximum absolute atomic E-state index is 15.2. The van der Waals surface area contributed by atoms with Gasteiger partial charge in [0.1, 0.15) is 60.3 Å². The number of nitrogens with one attached hydrogen (secondary N) is 1. The second-order valence-electron chi connectivity index (χ2n) is 16.5. The molecule has 3 aliphatic carbocycles. The lowest BCUT2D eigenvalue weighted by atomic mass is 9.62. The largest absolute Gasteiger partial charge is 0.458 e. The lowest BCUT2D eigenvalue weighted by Gasteiger charge is -2.50. The van der Waals surface area contributed by atoms with Gasteiger partial charge in [-0.15, -0.1) is 0 Å². The third kappa shape index (κ3) is 6.39. The predicted molar refractivity (Wildman–Crippen MR) is 189 cm³/mol. The molecule has 3 saturated carbocycles. The SMILES string of the molecule is O=C(NCCO)C1CCCN1C(=O)C12CC3OC(=O)C1N(Cc1cccc(C=CCOC4OC(CO)C(O)C(O)C4O)c1)OC2C1OC(C2CC2)(C2CC2)OC31. The van der Waals surface area contributed by atoms with E-state index >= 15 is 4.79 Å². The summed E-state index contributed by atoms with van der Waals surface area (Å²) in [6.07, 6.45) is -1.16. The molecule has 0 spiro atoms. The molecule has 12 unspecified atom stereocenters. The zero-order chi connectivity index (χ0) is 38.9. The van der Waals surface area contributed by atoms with Gasteiger partial charge in [-0.3, -0.25) is 19.2 Å². The molecule has 2 bridgehead atoms. The third-order valence-electron chi connectivity index (χ3n) is 12.9. The molecule has 12 atom stereocenters. The van der Waals surface area contributed by atoms with Crippen LogP contribution < -0.4 is 5.32 Å². The van der Waals surface area contributed by atoms with Crippen LogP contribution in [0.2, 0.25) is 0 Å². The van der Waals surface area contributed by atoms with Crippen LogP contribution in [0.15, 0.2) is 30.3 Å². The number of likely N-dealkylation sites (tertiary alicyclic amines) is 1. The van der Waals surface area contributed by atoms with Gasteiger partial charge >= 0.3 is 5.97 Å². The highest BCUT2D eigenvalue weighted by Crippen LogP contribution is 2.64. The Labute approximate surface area is 323 Å². The van der Waals surface area contributed by atoms with E-state index in [9.17, 15) is 35.1 Å². The van der Waals surface area contributed by atoms with E-state index in [1.807, 2.05) is 24.3 Å². The molecule has 0 radical (unpaired) electrons. The summed E-state index contributed by atoms with van der Waals surface area (Å²) in [6, 6.07) is 5.61. The van der Waals surface area contributed by atoms with Crippen LogP contribution in [0.5, 0.6) is 0 Å². The van der Waals surface area contributed by atoms with E-state index in [4.69, 9.17) is 28.5 Å². The number of rotatable bonds is 13. The summed E-state index contributed by atoms with van der Waals surface area (Å²) in [7, 11) is 0. The minimum Gasteiger partial charge on any atom is -0.458 e. The van der Waals surface area contributed by atoms with Crippen molar-refractivity contribution >= 4 is 23.9 Å². The lowest BCUT2D eigenvalue weighted by molar-refractivity contribution is -0.298. The van der Waals surface area contributed by atoms with E-state index in [0.717, 1.165) is 36.8 Å². The van der Waals surface area contributed by atoms with Crippen LogP contribution in [0.4, 0.5) is 0 Å². The highest BCUT2D eigenvalue weighted by molar-refractivity contribution is 5.96. The van der Waals surface area contributed by atoms with Crippen LogP contribution >= 0.6 is 0 Å². The van der Waals surface area contributed by atoms with Crippen LogP contribution in [0, 0.1) is 17.3 Å². The van der Waals surface area contributed by atoms with Crippen molar-refractivity contribution in [2.75, 3.05) is 32.9 Å². The molecule has 8 fully saturated rings. The first-order valence-corrected chi connectivity index (χ1v) is 20.0. The first-order valence-electron chi connectivity index (χ1n) is 20.0. The number of amides is 2. The zero-order valence-corrected chi connectivity index (χ0v) is 31.0. The molecule has 1 aromatic carbocycles. The molecular formula is C39H51N3O14. The Hall–Kier alpha value is -3.07. The molecule has 306 valence electrons. The van der Waals surface area contributed by atoms with Crippen molar-refractivity contribution in [1.29, 1.82) is 0 Å². The summed E-state index contributed by atoms with van der Waals surface area (Å²) in [5, 5.41) is 53.4. The Morgan fingerprint density at radius 2 is 1.77 bits per heavy atom. The van der Waals surface area contributed by atoms with Gasteiger partial charge in [0.05, 0.1) is 26.4 Å². The number of benzene rings is 1. The minimum absolute atomic E-state index is 0.0209. The average Bonchev–Trinajstić information content (AvgIpc) is 4.12. The fourth-order valence-corrected chi connectivity index (χ4v) is 10.0. The second kappa shape index (κ2) is 14.9. The summed E-state index contributed by atoms with van der Waals surface area (Å²) < 4.78 is 31.0. The number of fused-ring (bicyclic) bond motifs is 4. The number of ether oxygens (including phenoxy) is 5. The minimum atomic E-state index is -1.55. The number of nitrogens with zero attached hydrogens (tertiary/aromatic N) is 2. The number of carbonyl (C=O) groups is 3. The van der Waals surface area contributed by atoms with Crippen LogP contribution in [0.3, 0.4) is 0 Å². The smallest absolute Gasteiger partial charge is 0.327 e. The number of hydrogen-bond donors (Lipinski definition) is 6. The van der Waals surface area contributed by atoms with Crippen LogP contribution in [-0.4, -0.2) is 159 Å². The number of hydrogen-bond acceptors (Lipinski definition) is 15. The van der Waals surface area contributed by atoms with Gasteiger partial charge in [-0.1, -0.05) is 36.4 Å². The number of hydroxylamine groups is 2. The summed E-state index contributed by atoms with van der Waals surface area (Å²) in [6.45, 7) is -0.286. The van der Waals surface area contributed by atoms with Gasteiger partial charge in [-0.2, -0.15) is 5.06 Å². The molecule has 5 saturated heterocycles. The third-order valence-corrected chi connectivity index (χ3v) is 12.9. The van der Waals surface area contributed by atoms with Crippen molar-refractivity contribution < 1.29 is 68.4 Å². The van der Waals surface area contributed by atoms with Crippen LogP contribution in [0.25, 0.3) is 6.08 Å².